The van der Waals surface area contributed by atoms with E-state index in [9.17, 15) is 4.79 Å². The molecule has 0 spiro atoms. The van der Waals surface area contributed by atoms with Crippen LogP contribution in [0.5, 0.6) is 0 Å². The normalized spacial score (nSPS) is 10.9. The molecule has 0 aliphatic carbocycles. The summed E-state index contributed by atoms with van der Waals surface area (Å²) in [5.41, 5.74) is 1.94. The van der Waals surface area contributed by atoms with Crippen molar-refractivity contribution in [1.29, 1.82) is 0 Å². The van der Waals surface area contributed by atoms with Gasteiger partial charge in [-0.1, -0.05) is 13.8 Å². The predicted octanol–water partition coefficient (Wildman–Crippen LogP) is 2.39. The van der Waals surface area contributed by atoms with Crippen molar-refractivity contribution >= 4 is 17.2 Å². The van der Waals surface area contributed by atoms with Gasteiger partial charge in [0, 0.05) is 17.0 Å². The van der Waals surface area contributed by atoms with Gasteiger partial charge in [-0.2, -0.15) is 0 Å². The molecule has 0 fully saturated rings. The highest BCUT2D eigenvalue weighted by Gasteiger charge is 2.13. The average Bonchev–Trinajstić information content (AvgIpc) is 2.86. The van der Waals surface area contributed by atoms with E-state index in [0.29, 0.717) is 23.7 Å². The van der Waals surface area contributed by atoms with Crippen molar-refractivity contribution in [2.45, 2.75) is 39.8 Å². The van der Waals surface area contributed by atoms with E-state index in [2.05, 4.69) is 29.1 Å². The third-order valence-electron chi connectivity index (χ3n) is 3.05. The van der Waals surface area contributed by atoms with Crippen LogP contribution >= 0.6 is 11.3 Å². The molecule has 0 aromatic carbocycles. The number of carbonyl (C=O) groups excluding carboxylic acids is 1. The van der Waals surface area contributed by atoms with Crippen LogP contribution in [0.15, 0.2) is 18.3 Å². The minimum Gasteiger partial charge on any atom is -0.392 e. The Labute approximate surface area is 128 Å². The summed E-state index contributed by atoms with van der Waals surface area (Å²) in [5, 5.41) is 13.0. The van der Waals surface area contributed by atoms with Crippen LogP contribution in [0, 0.1) is 6.92 Å². The Morgan fingerprint density at radius 3 is 2.86 bits per heavy atom. The number of nitrogens with zero attached hydrogens (tertiary/aromatic N) is 2. The quantitative estimate of drug-likeness (QED) is 0.889. The lowest BCUT2D eigenvalue weighted by Gasteiger charge is -2.04. The van der Waals surface area contributed by atoms with E-state index in [4.69, 9.17) is 5.11 Å². The van der Waals surface area contributed by atoms with Gasteiger partial charge in [-0.05, 0) is 24.6 Å². The fourth-order valence-electron chi connectivity index (χ4n) is 1.81. The highest BCUT2D eigenvalue weighted by molar-refractivity contribution is 7.11. The molecule has 0 aliphatic rings. The fraction of sp³-hybridized carbons (Fsp3) is 0.400. The molecule has 6 heteroatoms. The topological polar surface area (TPSA) is 75.1 Å². The largest absolute Gasteiger partial charge is 0.392 e. The van der Waals surface area contributed by atoms with Crippen LogP contribution in [-0.2, 0) is 13.2 Å². The Morgan fingerprint density at radius 2 is 2.24 bits per heavy atom. The molecule has 0 bridgehead atoms. The summed E-state index contributed by atoms with van der Waals surface area (Å²) in [6, 6.07) is 3.27. The zero-order valence-corrected chi connectivity index (χ0v) is 13.2. The van der Waals surface area contributed by atoms with Crippen molar-refractivity contribution in [2.24, 2.45) is 0 Å². The molecular weight excluding hydrogens is 286 g/mol. The van der Waals surface area contributed by atoms with Gasteiger partial charge in [-0.3, -0.25) is 9.78 Å². The van der Waals surface area contributed by atoms with Gasteiger partial charge in [0.25, 0.3) is 5.91 Å². The summed E-state index contributed by atoms with van der Waals surface area (Å²) in [6.07, 6.45) is 1.52. The third kappa shape index (κ3) is 3.86. The summed E-state index contributed by atoms with van der Waals surface area (Å²) in [5.74, 6) is 0.144. The monoisotopic (exact) mass is 305 g/mol. The van der Waals surface area contributed by atoms with Crippen LogP contribution in [0.1, 0.15) is 51.4 Å². The van der Waals surface area contributed by atoms with E-state index >= 15 is 0 Å². The highest BCUT2D eigenvalue weighted by Crippen LogP contribution is 2.24. The molecule has 0 saturated carbocycles. The number of aromatic nitrogens is 2. The zero-order chi connectivity index (χ0) is 15.4. The van der Waals surface area contributed by atoms with Gasteiger partial charge in [0.2, 0.25) is 0 Å². The summed E-state index contributed by atoms with van der Waals surface area (Å²) in [7, 11) is 0. The van der Waals surface area contributed by atoms with Crippen LogP contribution in [-0.4, -0.2) is 21.0 Å². The fourth-order valence-corrected chi connectivity index (χ4v) is 2.82. The van der Waals surface area contributed by atoms with Crippen LogP contribution in [0.2, 0.25) is 0 Å². The van der Waals surface area contributed by atoms with Crippen molar-refractivity contribution < 1.29 is 9.90 Å². The molecule has 112 valence electrons. The third-order valence-corrected chi connectivity index (χ3v) is 4.51. The summed E-state index contributed by atoms with van der Waals surface area (Å²) >= 11 is 1.63. The molecule has 0 unspecified atom stereocenters. The van der Waals surface area contributed by atoms with Crippen molar-refractivity contribution in [1.82, 2.24) is 15.3 Å². The highest BCUT2D eigenvalue weighted by atomic mass is 32.1. The average molecular weight is 305 g/mol. The molecule has 2 N–H and O–H groups in total. The lowest BCUT2D eigenvalue weighted by atomic mass is 10.2. The lowest BCUT2D eigenvalue weighted by Crippen LogP contribution is -2.23. The minimum atomic E-state index is -0.246. The van der Waals surface area contributed by atoms with Gasteiger partial charge >= 0.3 is 0 Å². The van der Waals surface area contributed by atoms with E-state index in [-0.39, 0.29) is 12.5 Å². The Balaban J connectivity index is 2.03. The van der Waals surface area contributed by atoms with Gasteiger partial charge in [0.15, 0.2) is 0 Å². The summed E-state index contributed by atoms with van der Waals surface area (Å²) in [4.78, 5) is 21.7. The van der Waals surface area contributed by atoms with Gasteiger partial charge < -0.3 is 10.4 Å². The van der Waals surface area contributed by atoms with Gasteiger partial charge in [0.05, 0.1) is 23.9 Å². The van der Waals surface area contributed by atoms with E-state index < -0.39 is 0 Å². The molecule has 0 aliphatic heterocycles. The van der Waals surface area contributed by atoms with Crippen molar-refractivity contribution in [3.63, 3.8) is 0 Å². The number of aliphatic hydroxyl groups excluding tert-OH is 1. The van der Waals surface area contributed by atoms with E-state index in [1.165, 1.54) is 6.20 Å². The number of nitrogens with one attached hydrogen (secondary N) is 1. The van der Waals surface area contributed by atoms with Crippen LogP contribution in [0.4, 0.5) is 0 Å². The first-order valence-electron chi connectivity index (χ1n) is 6.81. The molecule has 1 amide bonds. The molecule has 21 heavy (non-hydrogen) atoms. The van der Waals surface area contributed by atoms with Crippen molar-refractivity contribution in [3.8, 4) is 0 Å². The molecule has 2 aromatic rings. The van der Waals surface area contributed by atoms with Gasteiger partial charge in [0.1, 0.15) is 5.69 Å². The number of rotatable bonds is 5. The standard InChI is InChI=1S/C15H19N3O2S/c1-9(2)15-18-10(3)13(21-15)7-17-14(20)12-6-11(8-19)4-5-16-12/h4-6,9,19H,7-8H2,1-3H3,(H,17,20). The van der Waals surface area contributed by atoms with E-state index in [1.54, 1.807) is 23.5 Å². The number of aryl methyl sites for hydroxylation is 1. The number of carbonyl (C=O) groups is 1. The Bertz CT molecular complexity index is 638. The SMILES string of the molecule is Cc1nc(C(C)C)sc1CNC(=O)c1cc(CO)ccn1. The molecule has 2 rings (SSSR count). The first kappa shape index (κ1) is 15.6. The van der Waals surface area contributed by atoms with Crippen molar-refractivity contribution in [3.05, 3.63) is 45.2 Å². The van der Waals surface area contributed by atoms with Crippen LogP contribution in [0.3, 0.4) is 0 Å². The molecule has 5 nitrogen and oxygen atoms in total. The number of amides is 1. The molecule has 2 heterocycles. The maximum absolute atomic E-state index is 12.1. The number of pyridine rings is 1. The number of thiazole rings is 1. The van der Waals surface area contributed by atoms with Crippen LogP contribution < -0.4 is 5.32 Å². The van der Waals surface area contributed by atoms with E-state index in [0.717, 1.165) is 15.6 Å². The number of hydrogen-bond acceptors (Lipinski definition) is 5. The summed E-state index contributed by atoms with van der Waals surface area (Å²) < 4.78 is 0. The number of aliphatic hydroxyl groups is 1. The number of hydrogen-bond donors (Lipinski definition) is 2. The molecule has 2 aromatic heterocycles. The predicted molar refractivity (Wildman–Crippen MR) is 82.3 cm³/mol. The molecular formula is C15H19N3O2S. The molecule has 0 saturated heterocycles. The summed E-state index contributed by atoms with van der Waals surface area (Å²) in [6.45, 7) is 6.50. The lowest BCUT2D eigenvalue weighted by molar-refractivity contribution is 0.0946. The maximum atomic E-state index is 12.1. The first-order chi connectivity index (χ1) is 10.0. The zero-order valence-electron chi connectivity index (χ0n) is 12.4. The second kappa shape index (κ2) is 6.78. The molecule has 0 radical (unpaired) electrons. The van der Waals surface area contributed by atoms with Crippen molar-refractivity contribution in [2.75, 3.05) is 0 Å². The first-order valence-corrected chi connectivity index (χ1v) is 7.63. The molecule has 0 atom stereocenters. The van der Waals surface area contributed by atoms with Gasteiger partial charge in [-0.15, -0.1) is 11.3 Å². The van der Waals surface area contributed by atoms with Crippen LogP contribution in [0.25, 0.3) is 0 Å². The minimum absolute atomic E-state index is 0.103. The van der Waals surface area contributed by atoms with Gasteiger partial charge in [-0.25, -0.2) is 4.98 Å². The Hall–Kier alpha value is -1.79. The Kier molecular flexibility index (Phi) is 5.03. The Morgan fingerprint density at radius 1 is 1.48 bits per heavy atom. The second-order valence-electron chi connectivity index (χ2n) is 5.11. The van der Waals surface area contributed by atoms with E-state index in [1.807, 2.05) is 6.92 Å². The second-order valence-corrected chi connectivity index (χ2v) is 6.22. The smallest absolute Gasteiger partial charge is 0.270 e. The maximum Gasteiger partial charge on any atom is 0.270 e.